The molecule has 1 fully saturated rings. The SMILES string of the molecule is CN(C)S(=O)(=O)c1ccc(NC(=O)COC(=O)[C@@H]2CCCO2)cc1. The highest BCUT2D eigenvalue weighted by molar-refractivity contribution is 7.89. The Morgan fingerprint density at radius 3 is 2.50 bits per heavy atom. The summed E-state index contributed by atoms with van der Waals surface area (Å²) >= 11 is 0. The molecule has 9 heteroatoms. The summed E-state index contributed by atoms with van der Waals surface area (Å²) in [4.78, 5) is 23.5. The average molecular weight is 356 g/mol. The quantitative estimate of drug-likeness (QED) is 0.749. The van der Waals surface area contributed by atoms with Crippen LogP contribution in [0, 0.1) is 0 Å². The van der Waals surface area contributed by atoms with Gasteiger partial charge in [0.2, 0.25) is 10.0 Å². The van der Waals surface area contributed by atoms with Gasteiger partial charge in [-0.05, 0) is 37.1 Å². The van der Waals surface area contributed by atoms with Crippen LogP contribution >= 0.6 is 0 Å². The Labute approximate surface area is 140 Å². The van der Waals surface area contributed by atoms with E-state index in [0.717, 1.165) is 10.7 Å². The van der Waals surface area contributed by atoms with E-state index in [0.29, 0.717) is 18.7 Å². The van der Waals surface area contributed by atoms with Gasteiger partial charge in [0.1, 0.15) is 0 Å². The van der Waals surface area contributed by atoms with E-state index in [4.69, 9.17) is 9.47 Å². The molecule has 1 aliphatic heterocycles. The highest BCUT2D eigenvalue weighted by Crippen LogP contribution is 2.17. The zero-order chi connectivity index (χ0) is 17.7. The third-order valence-corrected chi connectivity index (χ3v) is 5.28. The van der Waals surface area contributed by atoms with Gasteiger partial charge in [-0.15, -0.1) is 0 Å². The lowest BCUT2D eigenvalue weighted by molar-refractivity contribution is -0.156. The molecule has 0 saturated carbocycles. The molecule has 0 radical (unpaired) electrons. The number of carbonyl (C=O) groups excluding carboxylic acids is 2. The summed E-state index contributed by atoms with van der Waals surface area (Å²) in [5, 5.41) is 2.53. The number of nitrogens with one attached hydrogen (secondary N) is 1. The summed E-state index contributed by atoms with van der Waals surface area (Å²) in [7, 11) is -0.640. The number of anilines is 1. The molecule has 1 aliphatic rings. The van der Waals surface area contributed by atoms with Crippen LogP contribution in [0.1, 0.15) is 12.8 Å². The van der Waals surface area contributed by atoms with Crippen molar-refractivity contribution in [3.8, 4) is 0 Å². The topological polar surface area (TPSA) is 102 Å². The smallest absolute Gasteiger partial charge is 0.335 e. The number of benzene rings is 1. The van der Waals surface area contributed by atoms with Crippen molar-refractivity contribution < 1.29 is 27.5 Å². The van der Waals surface area contributed by atoms with Crippen LogP contribution in [0.25, 0.3) is 0 Å². The summed E-state index contributed by atoms with van der Waals surface area (Å²) in [5.74, 6) is -1.06. The molecule has 0 spiro atoms. The summed E-state index contributed by atoms with van der Waals surface area (Å²) in [6.07, 6.45) is 0.810. The molecule has 0 bridgehead atoms. The Hall–Kier alpha value is -1.97. The second-order valence-electron chi connectivity index (χ2n) is 5.47. The fourth-order valence-corrected chi connectivity index (χ4v) is 3.01. The van der Waals surface area contributed by atoms with Crippen molar-refractivity contribution >= 4 is 27.6 Å². The van der Waals surface area contributed by atoms with Crippen molar-refractivity contribution in [3.63, 3.8) is 0 Å². The highest BCUT2D eigenvalue weighted by atomic mass is 32.2. The maximum absolute atomic E-state index is 11.9. The second kappa shape index (κ2) is 7.73. The van der Waals surface area contributed by atoms with Gasteiger partial charge in [0.25, 0.3) is 5.91 Å². The van der Waals surface area contributed by atoms with E-state index in [1.54, 1.807) is 0 Å². The van der Waals surface area contributed by atoms with Gasteiger partial charge in [-0.1, -0.05) is 0 Å². The van der Waals surface area contributed by atoms with Crippen molar-refractivity contribution in [3.05, 3.63) is 24.3 Å². The van der Waals surface area contributed by atoms with E-state index in [1.165, 1.54) is 38.4 Å². The number of esters is 1. The van der Waals surface area contributed by atoms with E-state index in [1.807, 2.05) is 0 Å². The van der Waals surface area contributed by atoms with E-state index in [-0.39, 0.29) is 4.90 Å². The molecule has 0 aromatic heterocycles. The molecule has 1 amide bonds. The average Bonchev–Trinajstić information content (AvgIpc) is 3.07. The van der Waals surface area contributed by atoms with Gasteiger partial charge >= 0.3 is 5.97 Å². The van der Waals surface area contributed by atoms with Gasteiger partial charge in [-0.2, -0.15) is 0 Å². The number of rotatable bonds is 6. The summed E-state index contributed by atoms with van der Waals surface area (Å²) < 4.78 is 35.0. The van der Waals surface area contributed by atoms with Crippen LogP contribution in [0.3, 0.4) is 0 Å². The minimum atomic E-state index is -3.52. The van der Waals surface area contributed by atoms with E-state index in [2.05, 4.69) is 5.32 Å². The molecule has 1 aromatic rings. The lowest BCUT2D eigenvalue weighted by Crippen LogP contribution is -2.27. The van der Waals surface area contributed by atoms with Crippen molar-refractivity contribution in [1.82, 2.24) is 4.31 Å². The van der Waals surface area contributed by atoms with E-state index >= 15 is 0 Å². The maximum atomic E-state index is 11.9. The third-order valence-electron chi connectivity index (χ3n) is 3.45. The van der Waals surface area contributed by atoms with Crippen molar-refractivity contribution in [1.29, 1.82) is 0 Å². The largest absolute Gasteiger partial charge is 0.454 e. The number of ether oxygens (including phenoxy) is 2. The Kier molecular flexibility index (Phi) is 5.92. The first-order valence-electron chi connectivity index (χ1n) is 7.41. The third kappa shape index (κ3) is 4.53. The second-order valence-corrected chi connectivity index (χ2v) is 7.62. The molecule has 8 nitrogen and oxygen atoms in total. The van der Waals surface area contributed by atoms with Crippen LogP contribution in [0.2, 0.25) is 0 Å². The number of hydrogen-bond acceptors (Lipinski definition) is 6. The van der Waals surface area contributed by atoms with Gasteiger partial charge in [0.15, 0.2) is 12.7 Å². The molecule has 0 aliphatic carbocycles. The lowest BCUT2D eigenvalue weighted by atomic mass is 10.2. The summed E-state index contributed by atoms with van der Waals surface area (Å²) in [6.45, 7) is 0.102. The maximum Gasteiger partial charge on any atom is 0.335 e. The zero-order valence-corrected chi connectivity index (χ0v) is 14.3. The number of amides is 1. The fourth-order valence-electron chi connectivity index (χ4n) is 2.11. The summed E-state index contributed by atoms with van der Waals surface area (Å²) in [5.41, 5.74) is 0.408. The van der Waals surface area contributed by atoms with Crippen LogP contribution in [-0.4, -0.2) is 58.0 Å². The predicted molar refractivity (Wildman–Crippen MR) is 85.9 cm³/mol. The van der Waals surface area contributed by atoms with Crippen molar-refractivity contribution in [2.24, 2.45) is 0 Å². The highest BCUT2D eigenvalue weighted by Gasteiger charge is 2.25. The molecule has 24 heavy (non-hydrogen) atoms. The van der Waals surface area contributed by atoms with Gasteiger partial charge in [0.05, 0.1) is 4.90 Å². The van der Waals surface area contributed by atoms with Gasteiger partial charge < -0.3 is 14.8 Å². The minimum absolute atomic E-state index is 0.121. The van der Waals surface area contributed by atoms with Crippen molar-refractivity contribution in [2.75, 3.05) is 32.6 Å². The van der Waals surface area contributed by atoms with Crippen LogP contribution in [0.4, 0.5) is 5.69 Å². The van der Waals surface area contributed by atoms with Crippen LogP contribution in [0.15, 0.2) is 29.2 Å². The Morgan fingerprint density at radius 1 is 1.29 bits per heavy atom. The molecule has 1 atom stereocenters. The Balaban J connectivity index is 1.87. The lowest BCUT2D eigenvalue weighted by Gasteiger charge is -2.12. The van der Waals surface area contributed by atoms with Crippen LogP contribution in [-0.2, 0) is 29.1 Å². The van der Waals surface area contributed by atoms with E-state index < -0.39 is 34.6 Å². The molecule has 1 saturated heterocycles. The molecule has 1 aromatic carbocycles. The zero-order valence-electron chi connectivity index (χ0n) is 13.5. The molecule has 132 valence electrons. The minimum Gasteiger partial charge on any atom is -0.454 e. The van der Waals surface area contributed by atoms with Gasteiger partial charge in [-0.25, -0.2) is 17.5 Å². The first-order chi connectivity index (χ1) is 11.3. The van der Waals surface area contributed by atoms with Crippen LogP contribution < -0.4 is 5.32 Å². The van der Waals surface area contributed by atoms with Crippen molar-refractivity contribution in [2.45, 2.75) is 23.8 Å². The number of nitrogens with zero attached hydrogens (tertiary/aromatic N) is 1. The molecular formula is C15H20N2O6S. The van der Waals surface area contributed by atoms with Crippen LogP contribution in [0.5, 0.6) is 0 Å². The standard InChI is InChI=1S/C15H20N2O6S/c1-17(2)24(20,21)12-7-5-11(6-8-12)16-14(18)10-23-15(19)13-4-3-9-22-13/h5-8,13H,3-4,9-10H2,1-2H3,(H,16,18)/t13-/m0/s1. The molecular weight excluding hydrogens is 336 g/mol. The number of sulfonamides is 1. The Bertz CT molecular complexity index is 693. The molecule has 2 rings (SSSR count). The molecule has 1 heterocycles. The predicted octanol–water partition coefficient (Wildman–Crippen LogP) is 0.598. The number of hydrogen-bond donors (Lipinski definition) is 1. The molecule has 1 N–H and O–H groups in total. The summed E-state index contributed by atoms with van der Waals surface area (Å²) in [6, 6.07) is 5.72. The monoisotopic (exact) mass is 356 g/mol. The first kappa shape index (κ1) is 18.4. The molecule has 0 unspecified atom stereocenters. The van der Waals surface area contributed by atoms with Gasteiger partial charge in [0, 0.05) is 26.4 Å². The normalized spacial score (nSPS) is 17.7. The van der Waals surface area contributed by atoms with Gasteiger partial charge in [-0.3, -0.25) is 4.79 Å². The first-order valence-corrected chi connectivity index (χ1v) is 8.85. The Morgan fingerprint density at radius 2 is 1.96 bits per heavy atom. The van der Waals surface area contributed by atoms with E-state index in [9.17, 15) is 18.0 Å². The number of carbonyl (C=O) groups is 2. The fraction of sp³-hybridized carbons (Fsp3) is 0.467.